The molecule has 0 unspecified atom stereocenters. The molecule has 1 aliphatic heterocycles. The molecule has 1 aromatic heterocycles. The Hall–Kier alpha value is -2.97. The Kier molecular flexibility index (Phi) is 9.16. The molecule has 1 aliphatic carbocycles. The molecule has 8 heteroatoms. The van der Waals surface area contributed by atoms with E-state index in [1.165, 1.54) is 32.1 Å². The Labute approximate surface area is 220 Å². The van der Waals surface area contributed by atoms with Crippen molar-refractivity contribution in [2.24, 2.45) is 11.8 Å². The Balaban J connectivity index is 1.57. The van der Waals surface area contributed by atoms with Crippen molar-refractivity contribution in [1.29, 1.82) is 0 Å². The van der Waals surface area contributed by atoms with Crippen LogP contribution in [0.3, 0.4) is 0 Å². The predicted octanol–water partition coefficient (Wildman–Crippen LogP) is 4.07. The normalized spacial score (nSPS) is 21.5. The number of nitrogens with zero attached hydrogens (tertiary/aromatic N) is 3. The van der Waals surface area contributed by atoms with E-state index < -0.39 is 0 Å². The van der Waals surface area contributed by atoms with Crippen molar-refractivity contribution in [2.45, 2.75) is 58.1 Å². The van der Waals surface area contributed by atoms with Gasteiger partial charge in [0.25, 0.3) is 11.8 Å². The number of likely N-dealkylation sites (N-methyl/N-ethyl adjacent to an activating group) is 1. The van der Waals surface area contributed by atoms with Gasteiger partial charge in [-0.05, 0) is 63.1 Å². The molecule has 4 rings (SSSR count). The maximum absolute atomic E-state index is 13.6. The number of rotatable bonds is 8. The van der Waals surface area contributed by atoms with Crippen LogP contribution in [-0.2, 0) is 0 Å². The molecule has 3 atom stereocenters. The molecule has 1 fully saturated rings. The summed E-state index contributed by atoms with van der Waals surface area (Å²) in [5, 5.41) is 12.8. The summed E-state index contributed by atoms with van der Waals surface area (Å²) in [4.78, 5) is 34.4. The molecule has 2 amide bonds. The molecule has 1 aromatic carbocycles. The minimum absolute atomic E-state index is 0.0750. The molecule has 0 bridgehead atoms. The molecule has 2 heterocycles. The van der Waals surface area contributed by atoms with Crippen LogP contribution in [0.2, 0.25) is 0 Å². The van der Waals surface area contributed by atoms with Crippen molar-refractivity contribution in [1.82, 2.24) is 14.8 Å². The molecule has 0 radical (unpaired) electrons. The number of amides is 2. The number of nitrogens with one attached hydrogen (secondary N) is 1. The first-order chi connectivity index (χ1) is 17.9. The first-order valence-corrected chi connectivity index (χ1v) is 13.5. The van der Waals surface area contributed by atoms with E-state index in [-0.39, 0.29) is 36.5 Å². The summed E-state index contributed by atoms with van der Waals surface area (Å²) in [5.41, 5.74) is 1.38. The van der Waals surface area contributed by atoms with Crippen LogP contribution >= 0.6 is 0 Å². The fourth-order valence-electron chi connectivity index (χ4n) is 5.42. The standard InChI is InChI=1S/C29H40N4O4/c1-20-16-33(21(2)19-34)29(36)25-15-24(31-28(35)23-11-13-30-14-12-23)9-10-26(25)37-27(20)18-32(3)17-22-7-5-4-6-8-22/h9-15,20-22,27,34H,4-8,16-19H2,1-3H3,(H,31,35)/t20-,21-,27+/m0/s1. The van der Waals surface area contributed by atoms with Gasteiger partial charge in [0, 0.05) is 49.2 Å². The zero-order valence-electron chi connectivity index (χ0n) is 22.2. The lowest BCUT2D eigenvalue weighted by molar-refractivity contribution is 0.0330. The van der Waals surface area contributed by atoms with Crippen molar-refractivity contribution in [3.8, 4) is 5.75 Å². The number of aliphatic hydroxyl groups excluding tert-OH is 1. The lowest BCUT2D eigenvalue weighted by atomic mass is 9.89. The topological polar surface area (TPSA) is 95.0 Å². The molecule has 2 aliphatic rings. The highest BCUT2D eigenvalue weighted by Gasteiger charge is 2.34. The summed E-state index contributed by atoms with van der Waals surface area (Å²) >= 11 is 0. The molecule has 0 spiro atoms. The van der Waals surface area contributed by atoms with E-state index in [0.717, 1.165) is 19.0 Å². The molecule has 200 valence electrons. The van der Waals surface area contributed by atoms with Gasteiger partial charge in [0.1, 0.15) is 11.9 Å². The summed E-state index contributed by atoms with van der Waals surface area (Å²) in [6, 6.07) is 8.14. The van der Waals surface area contributed by atoms with E-state index >= 15 is 0 Å². The van der Waals surface area contributed by atoms with Crippen LogP contribution in [0.1, 0.15) is 66.7 Å². The zero-order chi connectivity index (χ0) is 26.4. The van der Waals surface area contributed by atoms with Crippen molar-refractivity contribution in [3.63, 3.8) is 0 Å². The van der Waals surface area contributed by atoms with Crippen molar-refractivity contribution in [2.75, 3.05) is 38.6 Å². The summed E-state index contributed by atoms with van der Waals surface area (Å²) < 4.78 is 6.51. The Morgan fingerprint density at radius 2 is 1.92 bits per heavy atom. The SMILES string of the molecule is C[C@H]1CN([C@@H](C)CO)C(=O)c2cc(NC(=O)c3ccncc3)ccc2O[C@@H]1CN(C)CC1CCCCC1. The van der Waals surface area contributed by atoms with Crippen LogP contribution in [0.5, 0.6) is 5.75 Å². The third-order valence-corrected chi connectivity index (χ3v) is 7.65. The van der Waals surface area contributed by atoms with Gasteiger partial charge in [-0.2, -0.15) is 0 Å². The number of hydrogen-bond donors (Lipinski definition) is 2. The quantitative estimate of drug-likeness (QED) is 0.558. The van der Waals surface area contributed by atoms with Gasteiger partial charge in [0.15, 0.2) is 0 Å². The Morgan fingerprint density at radius 3 is 2.62 bits per heavy atom. The fraction of sp³-hybridized carbons (Fsp3) is 0.552. The van der Waals surface area contributed by atoms with E-state index in [1.807, 2.05) is 6.92 Å². The van der Waals surface area contributed by atoms with Crippen LogP contribution in [0.15, 0.2) is 42.7 Å². The fourth-order valence-corrected chi connectivity index (χ4v) is 5.42. The van der Waals surface area contributed by atoms with Crippen LogP contribution in [-0.4, -0.2) is 77.1 Å². The Morgan fingerprint density at radius 1 is 1.19 bits per heavy atom. The average Bonchev–Trinajstić information content (AvgIpc) is 2.91. The smallest absolute Gasteiger partial charge is 0.258 e. The van der Waals surface area contributed by atoms with E-state index in [9.17, 15) is 14.7 Å². The number of carbonyl (C=O) groups excluding carboxylic acids is 2. The molecular weight excluding hydrogens is 468 g/mol. The van der Waals surface area contributed by atoms with Gasteiger partial charge < -0.3 is 25.0 Å². The number of carbonyl (C=O) groups is 2. The third kappa shape index (κ3) is 6.87. The number of fused-ring (bicyclic) bond motifs is 1. The van der Waals surface area contributed by atoms with Gasteiger partial charge in [-0.25, -0.2) is 0 Å². The number of aliphatic hydroxyl groups is 1. The second-order valence-electron chi connectivity index (χ2n) is 10.7. The van der Waals surface area contributed by atoms with E-state index in [4.69, 9.17) is 4.74 Å². The van der Waals surface area contributed by atoms with Gasteiger partial charge in [-0.3, -0.25) is 14.6 Å². The number of aromatic nitrogens is 1. The first-order valence-electron chi connectivity index (χ1n) is 13.5. The lowest BCUT2D eigenvalue weighted by Gasteiger charge is -2.38. The summed E-state index contributed by atoms with van der Waals surface area (Å²) in [7, 11) is 2.15. The second-order valence-corrected chi connectivity index (χ2v) is 10.7. The largest absolute Gasteiger partial charge is 0.488 e. The minimum Gasteiger partial charge on any atom is -0.488 e. The molecule has 8 nitrogen and oxygen atoms in total. The minimum atomic E-state index is -0.336. The van der Waals surface area contributed by atoms with E-state index in [0.29, 0.717) is 29.1 Å². The van der Waals surface area contributed by atoms with E-state index in [2.05, 4.69) is 29.2 Å². The highest BCUT2D eigenvalue weighted by Crippen LogP contribution is 2.31. The van der Waals surface area contributed by atoms with Crippen molar-refractivity contribution in [3.05, 3.63) is 53.9 Å². The second kappa shape index (κ2) is 12.5. The predicted molar refractivity (Wildman–Crippen MR) is 144 cm³/mol. The van der Waals surface area contributed by atoms with Crippen LogP contribution < -0.4 is 10.1 Å². The number of hydrogen-bond acceptors (Lipinski definition) is 6. The van der Waals surface area contributed by atoms with Crippen molar-refractivity contribution >= 4 is 17.5 Å². The van der Waals surface area contributed by atoms with Crippen LogP contribution in [0.4, 0.5) is 5.69 Å². The lowest BCUT2D eigenvalue weighted by Crippen LogP contribution is -2.50. The summed E-state index contributed by atoms with van der Waals surface area (Å²) in [6.45, 7) is 6.13. The molecule has 1 saturated carbocycles. The zero-order valence-corrected chi connectivity index (χ0v) is 22.2. The van der Waals surface area contributed by atoms with Gasteiger partial charge in [0.05, 0.1) is 18.2 Å². The van der Waals surface area contributed by atoms with Crippen molar-refractivity contribution < 1.29 is 19.4 Å². The molecule has 37 heavy (non-hydrogen) atoms. The highest BCUT2D eigenvalue weighted by atomic mass is 16.5. The maximum Gasteiger partial charge on any atom is 0.258 e. The summed E-state index contributed by atoms with van der Waals surface area (Å²) in [6.07, 6.45) is 9.57. The maximum atomic E-state index is 13.6. The average molecular weight is 509 g/mol. The molecule has 2 N–H and O–H groups in total. The van der Waals surface area contributed by atoms with E-state index in [1.54, 1.807) is 47.6 Å². The highest BCUT2D eigenvalue weighted by molar-refractivity contribution is 6.05. The molecule has 2 aromatic rings. The monoisotopic (exact) mass is 508 g/mol. The number of benzene rings is 1. The Bertz CT molecular complexity index is 1060. The number of pyridine rings is 1. The third-order valence-electron chi connectivity index (χ3n) is 7.65. The van der Waals surface area contributed by atoms with Crippen LogP contribution in [0.25, 0.3) is 0 Å². The molecule has 0 saturated heterocycles. The van der Waals surface area contributed by atoms with Gasteiger partial charge >= 0.3 is 0 Å². The summed E-state index contributed by atoms with van der Waals surface area (Å²) in [5.74, 6) is 0.819. The first kappa shape index (κ1) is 27.1. The van der Waals surface area contributed by atoms with Gasteiger partial charge in [-0.1, -0.05) is 26.2 Å². The van der Waals surface area contributed by atoms with Gasteiger partial charge in [0.2, 0.25) is 0 Å². The molecular formula is C29H40N4O4. The number of anilines is 1. The van der Waals surface area contributed by atoms with Crippen LogP contribution in [0, 0.1) is 11.8 Å². The number of ether oxygens (including phenoxy) is 1. The van der Waals surface area contributed by atoms with Gasteiger partial charge in [-0.15, -0.1) is 0 Å².